The van der Waals surface area contributed by atoms with Gasteiger partial charge in [-0.2, -0.15) is 4.98 Å². The van der Waals surface area contributed by atoms with E-state index in [1.807, 2.05) is 23.1 Å². The maximum Gasteiger partial charge on any atom is 0.317 e. The molecule has 0 aliphatic carbocycles. The molecule has 0 atom stereocenters. The maximum atomic E-state index is 12.5. The highest BCUT2D eigenvalue weighted by molar-refractivity contribution is 5.74. The van der Waals surface area contributed by atoms with Gasteiger partial charge in [-0.15, -0.1) is 0 Å². The van der Waals surface area contributed by atoms with Gasteiger partial charge in [0.25, 0.3) is 0 Å². The smallest absolute Gasteiger partial charge is 0.317 e. The lowest BCUT2D eigenvalue weighted by Crippen LogP contribution is -2.47. The van der Waals surface area contributed by atoms with Crippen molar-refractivity contribution in [2.24, 2.45) is 0 Å². The van der Waals surface area contributed by atoms with Crippen LogP contribution in [-0.2, 0) is 30.4 Å². The van der Waals surface area contributed by atoms with Gasteiger partial charge in [-0.05, 0) is 12.0 Å². The molecule has 31 heavy (non-hydrogen) atoms. The lowest BCUT2D eigenvalue weighted by Gasteiger charge is -2.32. The Morgan fingerprint density at radius 3 is 2.71 bits per heavy atom. The first-order chi connectivity index (χ1) is 15.2. The third kappa shape index (κ3) is 5.73. The molecule has 0 radical (unpaired) electrons. The standard InChI is InChI=1S/C24H32N4O3/c1-2-22-26-21-12-17-30-16-11-20(21)23(27-22)31-19-9-14-28(15-10-19)24(29)25-13-8-18-6-4-3-5-7-18/h3-7,19H,2,8-17H2,1H3,(H,25,29). The molecule has 3 heterocycles. The number of piperidine rings is 1. The van der Waals surface area contributed by atoms with Crippen molar-refractivity contribution >= 4 is 6.03 Å². The summed E-state index contributed by atoms with van der Waals surface area (Å²) in [5.41, 5.74) is 3.39. The molecule has 0 bridgehead atoms. The molecule has 0 unspecified atom stereocenters. The number of rotatable bonds is 6. The van der Waals surface area contributed by atoms with E-state index in [0.29, 0.717) is 32.8 Å². The van der Waals surface area contributed by atoms with Crippen LogP contribution >= 0.6 is 0 Å². The Morgan fingerprint density at radius 2 is 1.94 bits per heavy atom. The maximum absolute atomic E-state index is 12.5. The zero-order valence-corrected chi connectivity index (χ0v) is 18.3. The average molecular weight is 425 g/mol. The molecule has 2 amide bonds. The van der Waals surface area contributed by atoms with E-state index in [4.69, 9.17) is 14.5 Å². The molecular weight excluding hydrogens is 392 g/mol. The zero-order chi connectivity index (χ0) is 21.5. The predicted molar refractivity (Wildman–Crippen MR) is 118 cm³/mol. The molecular formula is C24H32N4O3. The van der Waals surface area contributed by atoms with E-state index in [-0.39, 0.29) is 12.1 Å². The molecule has 1 aromatic carbocycles. The van der Waals surface area contributed by atoms with Crippen LogP contribution in [0.25, 0.3) is 0 Å². The number of amides is 2. The molecule has 1 fully saturated rings. The number of hydrogen-bond acceptors (Lipinski definition) is 5. The number of benzene rings is 1. The van der Waals surface area contributed by atoms with Crippen molar-refractivity contribution in [3.63, 3.8) is 0 Å². The topological polar surface area (TPSA) is 76.6 Å². The van der Waals surface area contributed by atoms with Gasteiger partial charge in [0.15, 0.2) is 0 Å². The molecule has 0 saturated carbocycles. The summed E-state index contributed by atoms with van der Waals surface area (Å²) in [6.07, 6.45) is 4.91. The van der Waals surface area contributed by atoms with Gasteiger partial charge in [-0.1, -0.05) is 37.3 Å². The highest BCUT2D eigenvalue weighted by Gasteiger charge is 2.26. The van der Waals surface area contributed by atoms with Gasteiger partial charge in [0.1, 0.15) is 11.9 Å². The molecule has 2 aliphatic heterocycles. The SMILES string of the molecule is CCc1nc2c(c(OC3CCN(C(=O)NCCc4ccccc4)CC3)n1)CCOCC2. The van der Waals surface area contributed by atoms with Crippen LogP contribution in [0.15, 0.2) is 30.3 Å². The summed E-state index contributed by atoms with van der Waals surface area (Å²) in [5, 5.41) is 3.04. The molecule has 2 aliphatic rings. The zero-order valence-electron chi connectivity index (χ0n) is 18.3. The van der Waals surface area contributed by atoms with Gasteiger partial charge in [0, 0.05) is 57.3 Å². The lowest BCUT2D eigenvalue weighted by molar-refractivity contribution is 0.105. The number of likely N-dealkylation sites (tertiary alicyclic amines) is 1. The number of carbonyl (C=O) groups is 1. The second-order valence-corrected chi connectivity index (χ2v) is 8.11. The van der Waals surface area contributed by atoms with E-state index in [0.717, 1.165) is 61.5 Å². The largest absolute Gasteiger partial charge is 0.474 e. The summed E-state index contributed by atoms with van der Waals surface area (Å²) in [6, 6.07) is 10.2. The molecule has 0 spiro atoms. The summed E-state index contributed by atoms with van der Waals surface area (Å²) in [7, 11) is 0. The first-order valence-corrected chi connectivity index (χ1v) is 11.4. The molecule has 1 aromatic heterocycles. The van der Waals surface area contributed by atoms with E-state index in [1.54, 1.807) is 0 Å². The second kappa shape index (κ2) is 10.6. The highest BCUT2D eigenvalue weighted by Crippen LogP contribution is 2.26. The van der Waals surface area contributed by atoms with Crippen LogP contribution in [0.4, 0.5) is 4.79 Å². The fourth-order valence-electron chi connectivity index (χ4n) is 4.12. The van der Waals surface area contributed by atoms with Crippen molar-refractivity contribution in [3.05, 3.63) is 53.0 Å². The van der Waals surface area contributed by atoms with Crippen LogP contribution in [0.5, 0.6) is 5.88 Å². The van der Waals surface area contributed by atoms with Crippen LogP contribution in [-0.4, -0.2) is 59.9 Å². The van der Waals surface area contributed by atoms with Crippen molar-refractivity contribution in [3.8, 4) is 5.88 Å². The summed E-state index contributed by atoms with van der Waals surface area (Å²) >= 11 is 0. The van der Waals surface area contributed by atoms with Gasteiger partial charge in [0.2, 0.25) is 5.88 Å². The van der Waals surface area contributed by atoms with Crippen LogP contribution < -0.4 is 10.1 Å². The summed E-state index contributed by atoms with van der Waals surface area (Å²) in [6.45, 7) is 5.48. The quantitative estimate of drug-likeness (QED) is 0.772. The number of fused-ring (bicyclic) bond motifs is 1. The Kier molecular flexibility index (Phi) is 7.35. The number of ether oxygens (including phenoxy) is 2. The summed E-state index contributed by atoms with van der Waals surface area (Å²) < 4.78 is 12.0. The minimum atomic E-state index is 0.00991. The number of nitrogens with zero attached hydrogens (tertiary/aromatic N) is 3. The summed E-state index contributed by atoms with van der Waals surface area (Å²) in [4.78, 5) is 23.8. The molecule has 1 N–H and O–H groups in total. The van der Waals surface area contributed by atoms with E-state index in [9.17, 15) is 4.79 Å². The number of hydrogen-bond donors (Lipinski definition) is 1. The van der Waals surface area contributed by atoms with E-state index in [2.05, 4.69) is 29.4 Å². The molecule has 1 saturated heterocycles. The Labute approximate surface area is 184 Å². The van der Waals surface area contributed by atoms with Crippen LogP contribution in [0.2, 0.25) is 0 Å². The highest BCUT2D eigenvalue weighted by atomic mass is 16.5. The minimum Gasteiger partial charge on any atom is -0.474 e. The van der Waals surface area contributed by atoms with Crippen molar-refractivity contribution in [1.29, 1.82) is 0 Å². The number of nitrogens with one attached hydrogen (secondary N) is 1. The van der Waals surface area contributed by atoms with E-state index in [1.165, 1.54) is 5.56 Å². The Balaban J connectivity index is 1.29. The second-order valence-electron chi connectivity index (χ2n) is 8.11. The van der Waals surface area contributed by atoms with Gasteiger partial charge in [0.05, 0.1) is 18.9 Å². The fourth-order valence-corrected chi connectivity index (χ4v) is 4.12. The molecule has 166 valence electrons. The van der Waals surface area contributed by atoms with Crippen LogP contribution in [0.3, 0.4) is 0 Å². The molecule has 7 nitrogen and oxygen atoms in total. The van der Waals surface area contributed by atoms with Crippen LogP contribution in [0.1, 0.15) is 42.4 Å². The first-order valence-electron chi connectivity index (χ1n) is 11.4. The summed E-state index contributed by atoms with van der Waals surface area (Å²) in [5.74, 6) is 1.55. The molecule has 2 aromatic rings. The molecule has 4 rings (SSSR count). The third-order valence-corrected chi connectivity index (χ3v) is 5.94. The third-order valence-electron chi connectivity index (χ3n) is 5.94. The number of carbonyl (C=O) groups excluding carboxylic acids is 1. The monoisotopic (exact) mass is 424 g/mol. The van der Waals surface area contributed by atoms with Crippen molar-refractivity contribution in [2.45, 2.75) is 51.6 Å². The Hall–Kier alpha value is -2.67. The fraction of sp³-hybridized carbons (Fsp3) is 0.542. The normalized spacial score (nSPS) is 17.0. The van der Waals surface area contributed by atoms with Gasteiger partial charge < -0.3 is 19.7 Å². The van der Waals surface area contributed by atoms with Crippen molar-refractivity contribution < 1.29 is 14.3 Å². The van der Waals surface area contributed by atoms with Crippen molar-refractivity contribution in [1.82, 2.24) is 20.2 Å². The Bertz CT molecular complexity index is 867. The number of urea groups is 1. The van der Waals surface area contributed by atoms with Gasteiger partial charge >= 0.3 is 6.03 Å². The van der Waals surface area contributed by atoms with E-state index >= 15 is 0 Å². The van der Waals surface area contributed by atoms with Crippen molar-refractivity contribution in [2.75, 3.05) is 32.8 Å². The van der Waals surface area contributed by atoms with Gasteiger partial charge in [-0.3, -0.25) is 0 Å². The molecule has 7 heteroatoms. The van der Waals surface area contributed by atoms with Gasteiger partial charge in [-0.25, -0.2) is 9.78 Å². The number of aromatic nitrogens is 2. The number of aryl methyl sites for hydroxylation is 1. The predicted octanol–water partition coefficient (Wildman–Crippen LogP) is 2.95. The average Bonchev–Trinajstić information content (AvgIpc) is 3.06. The minimum absolute atomic E-state index is 0.00991. The first kappa shape index (κ1) is 21.6. The Morgan fingerprint density at radius 1 is 1.16 bits per heavy atom. The lowest BCUT2D eigenvalue weighted by atomic mass is 10.1. The van der Waals surface area contributed by atoms with E-state index < -0.39 is 0 Å². The van der Waals surface area contributed by atoms with Crippen LogP contribution in [0, 0.1) is 0 Å².